The number of benzene rings is 1. The van der Waals surface area contributed by atoms with Crippen molar-refractivity contribution >= 4 is 5.91 Å². The van der Waals surface area contributed by atoms with E-state index in [9.17, 15) is 9.90 Å². The highest BCUT2D eigenvalue weighted by Gasteiger charge is 2.45. The van der Waals surface area contributed by atoms with Crippen LogP contribution in [0.3, 0.4) is 0 Å². The Bertz CT molecular complexity index is 1020. The van der Waals surface area contributed by atoms with E-state index in [2.05, 4.69) is 20.2 Å². The Kier molecular flexibility index (Phi) is 6.01. The van der Waals surface area contributed by atoms with Crippen LogP contribution in [0.4, 0.5) is 0 Å². The van der Waals surface area contributed by atoms with Crippen LogP contribution in [-0.2, 0) is 19.1 Å². The molecule has 1 fully saturated rings. The lowest BCUT2D eigenvalue weighted by atomic mass is 9.78. The highest BCUT2D eigenvalue weighted by atomic mass is 16.5. The molecule has 3 aromatic rings. The van der Waals surface area contributed by atoms with Crippen LogP contribution in [0, 0.1) is 0 Å². The summed E-state index contributed by atoms with van der Waals surface area (Å²) in [5.74, 6) is 1.10. The van der Waals surface area contributed by atoms with E-state index in [-0.39, 0.29) is 5.91 Å². The number of methoxy groups -OCH3 is 1. The Balaban J connectivity index is 1.57. The monoisotopic (exact) mass is 421 g/mol. The number of carbonyl (C=O) groups excluding carboxylic acids is 1. The minimum absolute atomic E-state index is 0.282. The molecule has 8 heteroatoms. The van der Waals surface area contributed by atoms with E-state index in [0.717, 1.165) is 11.4 Å². The second kappa shape index (κ2) is 8.87. The SMILES string of the molecule is COc1ccc(C(=O)N[C@@]2(c3ccccc3)CCN(Cc3nccn3C)C[C@H]2O)cn1. The predicted molar refractivity (Wildman–Crippen MR) is 115 cm³/mol. The molecule has 1 aliphatic rings. The van der Waals surface area contributed by atoms with Crippen LogP contribution >= 0.6 is 0 Å². The van der Waals surface area contributed by atoms with E-state index >= 15 is 0 Å². The zero-order valence-electron chi connectivity index (χ0n) is 17.7. The van der Waals surface area contributed by atoms with Crippen LogP contribution in [0.5, 0.6) is 5.88 Å². The largest absolute Gasteiger partial charge is 0.481 e. The summed E-state index contributed by atoms with van der Waals surface area (Å²) in [7, 11) is 3.49. The molecule has 0 radical (unpaired) electrons. The molecule has 1 aliphatic heterocycles. The van der Waals surface area contributed by atoms with Gasteiger partial charge in [-0.3, -0.25) is 9.69 Å². The first-order chi connectivity index (χ1) is 15.0. The van der Waals surface area contributed by atoms with Gasteiger partial charge in [0.1, 0.15) is 5.82 Å². The van der Waals surface area contributed by atoms with Crippen LogP contribution in [0.2, 0.25) is 0 Å². The molecule has 2 aromatic heterocycles. The van der Waals surface area contributed by atoms with Crippen LogP contribution in [0.1, 0.15) is 28.2 Å². The molecule has 162 valence electrons. The van der Waals surface area contributed by atoms with E-state index < -0.39 is 11.6 Å². The molecular formula is C23H27N5O3. The van der Waals surface area contributed by atoms with Gasteiger partial charge in [0, 0.05) is 44.8 Å². The molecule has 1 amide bonds. The second-order valence-corrected chi connectivity index (χ2v) is 7.84. The van der Waals surface area contributed by atoms with Gasteiger partial charge in [0.25, 0.3) is 5.91 Å². The third-order valence-corrected chi connectivity index (χ3v) is 5.94. The standard InChI is InChI=1S/C23H27N5O3/c1-27-13-11-24-20(27)16-28-12-10-23(19(29)15-28,18-6-4-3-5-7-18)26-22(30)17-8-9-21(31-2)25-14-17/h3-9,11,13-14,19,29H,10,12,15-16H2,1-2H3,(H,26,30)/t19-,23-/m1/s1. The fraction of sp³-hybridized carbons (Fsp3) is 0.348. The molecule has 0 bridgehead atoms. The number of ether oxygens (including phenoxy) is 1. The summed E-state index contributed by atoms with van der Waals surface area (Å²) in [4.78, 5) is 23.8. The fourth-order valence-corrected chi connectivity index (χ4v) is 4.09. The van der Waals surface area contributed by atoms with Gasteiger partial charge in [-0.15, -0.1) is 0 Å². The summed E-state index contributed by atoms with van der Waals surface area (Å²) in [5.41, 5.74) is 0.406. The number of aryl methyl sites for hydroxylation is 1. The summed E-state index contributed by atoms with van der Waals surface area (Å²) in [6, 6.07) is 13.0. The van der Waals surface area contributed by atoms with Crippen molar-refractivity contribution in [3.63, 3.8) is 0 Å². The molecule has 31 heavy (non-hydrogen) atoms. The lowest BCUT2D eigenvalue weighted by Gasteiger charge is -2.46. The number of likely N-dealkylation sites (tertiary alicyclic amines) is 1. The topological polar surface area (TPSA) is 92.5 Å². The maximum atomic E-state index is 13.1. The zero-order valence-corrected chi connectivity index (χ0v) is 17.7. The first-order valence-corrected chi connectivity index (χ1v) is 10.3. The molecule has 1 saturated heterocycles. The quantitative estimate of drug-likeness (QED) is 0.630. The number of nitrogens with one attached hydrogen (secondary N) is 1. The Morgan fingerprint density at radius 2 is 2.06 bits per heavy atom. The number of aliphatic hydroxyl groups is 1. The van der Waals surface area contributed by atoms with E-state index in [1.807, 2.05) is 48.1 Å². The highest BCUT2D eigenvalue weighted by molar-refractivity contribution is 5.94. The molecule has 2 atom stereocenters. The molecular weight excluding hydrogens is 394 g/mol. The second-order valence-electron chi connectivity index (χ2n) is 7.84. The van der Waals surface area contributed by atoms with Gasteiger partial charge in [0.2, 0.25) is 5.88 Å². The molecule has 4 rings (SSSR count). The average molecular weight is 422 g/mol. The van der Waals surface area contributed by atoms with Gasteiger partial charge in [-0.05, 0) is 18.1 Å². The van der Waals surface area contributed by atoms with E-state index in [4.69, 9.17) is 4.74 Å². The molecule has 2 N–H and O–H groups in total. The summed E-state index contributed by atoms with van der Waals surface area (Å²) >= 11 is 0. The summed E-state index contributed by atoms with van der Waals surface area (Å²) in [6.07, 6.45) is 4.94. The molecule has 8 nitrogen and oxygen atoms in total. The van der Waals surface area contributed by atoms with Crippen molar-refractivity contribution in [1.29, 1.82) is 0 Å². The molecule has 1 aromatic carbocycles. The molecule has 0 aliphatic carbocycles. The van der Waals surface area contributed by atoms with Crippen molar-refractivity contribution in [3.05, 3.63) is 78.0 Å². The maximum Gasteiger partial charge on any atom is 0.253 e. The number of rotatable bonds is 6. The number of carbonyl (C=O) groups is 1. The van der Waals surface area contributed by atoms with Gasteiger partial charge in [-0.1, -0.05) is 30.3 Å². The van der Waals surface area contributed by atoms with Gasteiger partial charge in [0.05, 0.1) is 30.9 Å². The van der Waals surface area contributed by atoms with E-state index in [1.165, 1.54) is 13.3 Å². The average Bonchev–Trinajstić information content (AvgIpc) is 3.20. The fourth-order valence-electron chi connectivity index (χ4n) is 4.09. The van der Waals surface area contributed by atoms with Gasteiger partial charge >= 0.3 is 0 Å². The first kappa shape index (κ1) is 21.0. The number of amides is 1. The third kappa shape index (κ3) is 4.30. The third-order valence-electron chi connectivity index (χ3n) is 5.94. The van der Waals surface area contributed by atoms with Crippen molar-refractivity contribution in [1.82, 2.24) is 24.8 Å². The molecule has 3 heterocycles. The van der Waals surface area contributed by atoms with Crippen molar-refractivity contribution in [2.45, 2.75) is 24.6 Å². The molecule has 0 saturated carbocycles. The van der Waals surface area contributed by atoms with Crippen molar-refractivity contribution in [2.75, 3.05) is 20.2 Å². The first-order valence-electron chi connectivity index (χ1n) is 10.3. The van der Waals surface area contributed by atoms with Gasteiger partial charge < -0.3 is 19.7 Å². The number of nitrogens with zero attached hydrogens (tertiary/aromatic N) is 4. The molecule has 0 spiro atoms. The lowest BCUT2D eigenvalue weighted by molar-refractivity contribution is -0.0189. The number of pyridine rings is 1. The van der Waals surface area contributed by atoms with Gasteiger partial charge in [-0.2, -0.15) is 0 Å². The Morgan fingerprint density at radius 1 is 1.26 bits per heavy atom. The van der Waals surface area contributed by atoms with Crippen LogP contribution in [0.25, 0.3) is 0 Å². The number of aromatic nitrogens is 3. The Morgan fingerprint density at radius 3 is 2.68 bits per heavy atom. The number of aliphatic hydroxyl groups excluding tert-OH is 1. The number of β-amino-alcohol motifs (C(OH)–C–C–N with tert-alkyl or cyclic N) is 1. The van der Waals surface area contributed by atoms with Crippen LogP contribution < -0.4 is 10.1 Å². The highest BCUT2D eigenvalue weighted by Crippen LogP contribution is 2.34. The van der Waals surface area contributed by atoms with E-state index in [0.29, 0.717) is 37.5 Å². The predicted octanol–water partition coefficient (Wildman–Crippen LogP) is 1.72. The van der Waals surface area contributed by atoms with Crippen LogP contribution in [-0.4, -0.2) is 56.8 Å². The lowest BCUT2D eigenvalue weighted by Crippen LogP contribution is -2.61. The zero-order chi connectivity index (χ0) is 21.8. The minimum Gasteiger partial charge on any atom is -0.481 e. The van der Waals surface area contributed by atoms with Gasteiger partial charge in [0.15, 0.2) is 0 Å². The number of hydrogen-bond acceptors (Lipinski definition) is 6. The summed E-state index contributed by atoms with van der Waals surface area (Å²) in [6.45, 7) is 1.77. The number of imidazole rings is 1. The number of piperidine rings is 1. The van der Waals surface area contributed by atoms with Crippen molar-refractivity contribution < 1.29 is 14.6 Å². The van der Waals surface area contributed by atoms with Crippen molar-refractivity contribution in [2.24, 2.45) is 7.05 Å². The normalized spacial score (nSPS) is 21.6. The van der Waals surface area contributed by atoms with Crippen molar-refractivity contribution in [3.8, 4) is 5.88 Å². The number of hydrogen-bond donors (Lipinski definition) is 2. The smallest absolute Gasteiger partial charge is 0.253 e. The minimum atomic E-state index is -0.892. The summed E-state index contributed by atoms with van der Waals surface area (Å²) in [5, 5.41) is 14.4. The van der Waals surface area contributed by atoms with Crippen LogP contribution in [0.15, 0.2) is 61.1 Å². The Hall–Kier alpha value is -3.23. The molecule has 0 unspecified atom stereocenters. The van der Waals surface area contributed by atoms with E-state index in [1.54, 1.807) is 18.3 Å². The Labute approximate surface area is 181 Å². The summed E-state index contributed by atoms with van der Waals surface area (Å²) < 4.78 is 7.05. The maximum absolute atomic E-state index is 13.1. The van der Waals surface area contributed by atoms with Gasteiger partial charge in [-0.25, -0.2) is 9.97 Å².